The SMILES string of the molecule is Cc1ccc([C@H](C)[C@@H](Cl)C=O)o1. The van der Waals surface area contributed by atoms with E-state index in [-0.39, 0.29) is 5.92 Å². The van der Waals surface area contributed by atoms with Crippen LogP contribution in [0.15, 0.2) is 16.5 Å². The van der Waals surface area contributed by atoms with Crippen LogP contribution in [-0.2, 0) is 4.79 Å². The molecule has 0 saturated carbocycles. The van der Waals surface area contributed by atoms with Crippen molar-refractivity contribution in [1.82, 2.24) is 0 Å². The van der Waals surface area contributed by atoms with Crippen molar-refractivity contribution in [2.75, 3.05) is 0 Å². The highest BCUT2D eigenvalue weighted by atomic mass is 35.5. The standard InChI is InChI=1S/C9H11ClO2/c1-6-3-4-9(12-6)7(2)8(10)5-11/h3-5,7-8H,1-2H3/t7-,8+/m1/s1. The Balaban J connectivity index is 2.77. The van der Waals surface area contributed by atoms with Crippen molar-refractivity contribution >= 4 is 17.9 Å². The Hall–Kier alpha value is -0.760. The van der Waals surface area contributed by atoms with Gasteiger partial charge in [0.05, 0.1) is 5.38 Å². The fourth-order valence-corrected chi connectivity index (χ4v) is 1.10. The van der Waals surface area contributed by atoms with Gasteiger partial charge in [-0.1, -0.05) is 6.92 Å². The molecule has 1 aromatic heterocycles. The molecule has 3 heteroatoms. The molecule has 2 atom stereocenters. The number of halogens is 1. The minimum atomic E-state index is -0.504. The Kier molecular flexibility index (Phi) is 2.93. The number of alkyl halides is 1. The van der Waals surface area contributed by atoms with Crippen molar-refractivity contribution in [2.45, 2.75) is 25.1 Å². The molecular formula is C9H11ClO2. The van der Waals surface area contributed by atoms with Gasteiger partial charge in [-0.3, -0.25) is 0 Å². The second kappa shape index (κ2) is 3.76. The molecule has 0 N–H and O–H groups in total. The number of hydrogen-bond donors (Lipinski definition) is 0. The Morgan fingerprint density at radius 1 is 1.58 bits per heavy atom. The zero-order valence-electron chi connectivity index (χ0n) is 7.08. The highest BCUT2D eigenvalue weighted by Crippen LogP contribution is 2.23. The lowest BCUT2D eigenvalue weighted by Gasteiger charge is -2.08. The molecule has 0 spiro atoms. The number of hydrogen-bond acceptors (Lipinski definition) is 2. The molecule has 0 aliphatic rings. The van der Waals surface area contributed by atoms with Crippen LogP contribution in [0.4, 0.5) is 0 Å². The highest BCUT2D eigenvalue weighted by molar-refractivity contribution is 6.28. The summed E-state index contributed by atoms with van der Waals surface area (Å²) in [6.45, 7) is 3.73. The molecule has 0 aromatic carbocycles. The van der Waals surface area contributed by atoms with Gasteiger partial charge in [0.2, 0.25) is 0 Å². The molecule has 0 bridgehead atoms. The summed E-state index contributed by atoms with van der Waals surface area (Å²) in [4.78, 5) is 10.4. The summed E-state index contributed by atoms with van der Waals surface area (Å²) >= 11 is 5.73. The average molecular weight is 187 g/mol. The molecular weight excluding hydrogens is 176 g/mol. The van der Waals surface area contributed by atoms with E-state index >= 15 is 0 Å². The van der Waals surface area contributed by atoms with Crippen LogP contribution in [-0.4, -0.2) is 11.7 Å². The summed E-state index contributed by atoms with van der Waals surface area (Å²) in [5.41, 5.74) is 0. The molecule has 2 nitrogen and oxygen atoms in total. The highest BCUT2D eigenvalue weighted by Gasteiger charge is 2.18. The summed E-state index contributed by atoms with van der Waals surface area (Å²) in [6.07, 6.45) is 0.726. The number of aldehydes is 1. The number of carbonyl (C=O) groups excluding carboxylic acids is 1. The van der Waals surface area contributed by atoms with E-state index in [4.69, 9.17) is 16.0 Å². The second-order valence-corrected chi connectivity index (χ2v) is 3.32. The maximum Gasteiger partial charge on any atom is 0.138 e. The van der Waals surface area contributed by atoms with E-state index in [2.05, 4.69) is 0 Å². The maximum atomic E-state index is 10.4. The van der Waals surface area contributed by atoms with Crippen molar-refractivity contribution in [2.24, 2.45) is 0 Å². The maximum absolute atomic E-state index is 10.4. The van der Waals surface area contributed by atoms with Crippen LogP contribution in [0.3, 0.4) is 0 Å². The third kappa shape index (κ3) is 1.89. The number of carbonyl (C=O) groups is 1. The van der Waals surface area contributed by atoms with Crippen molar-refractivity contribution in [3.63, 3.8) is 0 Å². The molecule has 0 unspecified atom stereocenters. The van der Waals surface area contributed by atoms with Gasteiger partial charge < -0.3 is 9.21 Å². The monoisotopic (exact) mass is 186 g/mol. The van der Waals surface area contributed by atoms with Crippen molar-refractivity contribution < 1.29 is 9.21 Å². The van der Waals surface area contributed by atoms with Gasteiger partial charge in [-0.2, -0.15) is 0 Å². The van der Waals surface area contributed by atoms with Crippen LogP contribution in [0.1, 0.15) is 24.4 Å². The Morgan fingerprint density at radius 3 is 2.67 bits per heavy atom. The topological polar surface area (TPSA) is 30.2 Å². The fourth-order valence-electron chi connectivity index (χ4n) is 0.973. The summed E-state index contributed by atoms with van der Waals surface area (Å²) in [5.74, 6) is 1.55. The molecule has 1 heterocycles. The first kappa shape index (κ1) is 9.33. The van der Waals surface area contributed by atoms with E-state index in [1.807, 2.05) is 26.0 Å². The lowest BCUT2D eigenvalue weighted by molar-refractivity contribution is -0.107. The van der Waals surface area contributed by atoms with Gasteiger partial charge in [-0.15, -0.1) is 11.6 Å². The van der Waals surface area contributed by atoms with Crippen LogP contribution < -0.4 is 0 Å². The van der Waals surface area contributed by atoms with Crippen molar-refractivity contribution in [3.8, 4) is 0 Å². The molecule has 0 radical (unpaired) electrons. The minimum absolute atomic E-state index is 0.0575. The third-order valence-electron chi connectivity index (χ3n) is 1.82. The van der Waals surface area contributed by atoms with E-state index in [9.17, 15) is 4.79 Å². The molecule has 0 amide bonds. The number of aryl methyl sites for hydroxylation is 1. The molecule has 66 valence electrons. The zero-order chi connectivity index (χ0) is 9.14. The normalized spacial score (nSPS) is 15.6. The quantitative estimate of drug-likeness (QED) is 0.536. The summed E-state index contributed by atoms with van der Waals surface area (Å²) in [6, 6.07) is 3.71. The van der Waals surface area contributed by atoms with E-state index in [1.54, 1.807) is 0 Å². The Labute approximate surface area is 76.5 Å². The second-order valence-electron chi connectivity index (χ2n) is 2.82. The molecule has 0 fully saturated rings. The molecule has 0 aliphatic carbocycles. The summed E-state index contributed by atoms with van der Waals surface area (Å²) in [7, 11) is 0. The third-order valence-corrected chi connectivity index (χ3v) is 2.30. The van der Waals surface area contributed by atoms with Gasteiger partial charge >= 0.3 is 0 Å². The van der Waals surface area contributed by atoms with Crippen LogP contribution in [0.25, 0.3) is 0 Å². The van der Waals surface area contributed by atoms with E-state index < -0.39 is 5.38 Å². The smallest absolute Gasteiger partial charge is 0.138 e. The van der Waals surface area contributed by atoms with Crippen LogP contribution in [0, 0.1) is 6.92 Å². The first-order valence-corrected chi connectivity index (χ1v) is 4.24. The Morgan fingerprint density at radius 2 is 2.25 bits per heavy atom. The van der Waals surface area contributed by atoms with E-state index in [0.29, 0.717) is 0 Å². The number of furan rings is 1. The lowest BCUT2D eigenvalue weighted by Crippen LogP contribution is -2.09. The fraction of sp³-hybridized carbons (Fsp3) is 0.444. The van der Waals surface area contributed by atoms with Gasteiger partial charge in [0.25, 0.3) is 0 Å². The first-order chi connectivity index (χ1) is 5.65. The number of rotatable bonds is 3. The predicted octanol–water partition coefficient (Wildman–Crippen LogP) is 2.50. The van der Waals surface area contributed by atoms with Gasteiger partial charge in [-0.05, 0) is 19.1 Å². The van der Waals surface area contributed by atoms with Crippen molar-refractivity contribution in [3.05, 3.63) is 23.7 Å². The van der Waals surface area contributed by atoms with Crippen LogP contribution >= 0.6 is 11.6 Å². The van der Waals surface area contributed by atoms with Crippen molar-refractivity contribution in [1.29, 1.82) is 0 Å². The van der Waals surface area contributed by atoms with Crippen LogP contribution in [0.2, 0.25) is 0 Å². The predicted molar refractivity (Wildman–Crippen MR) is 47.6 cm³/mol. The molecule has 0 saturated heterocycles. The van der Waals surface area contributed by atoms with Gasteiger partial charge in [0.1, 0.15) is 17.8 Å². The Bertz CT molecular complexity index is 267. The minimum Gasteiger partial charge on any atom is -0.466 e. The lowest BCUT2D eigenvalue weighted by atomic mass is 10.1. The van der Waals surface area contributed by atoms with E-state index in [0.717, 1.165) is 17.8 Å². The van der Waals surface area contributed by atoms with Crippen LogP contribution in [0.5, 0.6) is 0 Å². The summed E-state index contributed by atoms with van der Waals surface area (Å²) < 4.78 is 5.32. The van der Waals surface area contributed by atoms with E-state index in [1.165, 1.54) is 0 Å². The van der Waals surface area contributed by atoms with Gasteiger partial charge in [-0.25, -0.2) is 0 Å². The van der Waals surface area contributed by atoms with Gasteiger partial charge in [0, 0.05) is 5.92 Å². The van der Waals surface area contributed by atoms with Gasteiger partial charge in [0.15, 0.2) is 0 Å². The molecule has 0 aliphatic heterocycles. The first-order valence-electron chi connectivity index (χ1n) is 3.81. The molecule has 1 aromatic rings. The average Bonchev–Trinajstić information content (AvgIpc) is 2.49. The largest absolute Gasteiger partial charge is 0.466 e. The summed E-state index contributed by atoms with van der Waals surface area (Å²) in [5, 5.41) is -0.504. The zero-order valence-corrected chi connectivity index (χ0v) is 7.84. The molecule has 12 heavy (non-hydrogen) atoms. The molecule has 1 rings (SSSR count).